The number of aryl methyl sites for hydroxylation is 1. The highest BCUT2D eigenvalue weighted by atomic mass is 35.5. The Morgan fingerprint density at radius 3 is 2.91 bits per heavy atom. The topological polar surface area (TPSA) is 42.4 Å². The summed E-state index contributed by atoms with van der Waals surface area (Å²) in [5, 5.41) is 3.66. The van der Waals surface area contributed by atoms with Crippen LogP contribution in [0.4, 0.5) is 0 Å². The maximum Gasteiger partial charge on any atom is 0.263 e. The van der Waals surface area contributed by atoms with Crippen molar-refractivity contribution in [2.45, 2.75) is 32.9 Å². The molecular formula is C16H19ClN2O2S. The molecule has 1 aromatic carbocycles. The second-order valence-corrected chi connectivity index (χ2v) is 6.38. The zero-order valence-corrected chi connectivity index (χ0v) is 14.4. The highest BCUT2D eigenvalue weighted by Crippen LogP contribution is 2.19. The lowest BCUT2D eigenvalue weighted by molar-refractivity contribution is -0.137. The molecule has 0 bridgehead atoms. The predicted molar refractivity (Wildman–Crippen MR) is 89.5 cm³/mol. The maximum atomic E-state index is 12.4. The van der Waals surface area contributed by atoms with Gasteiger partial charge in [0.05, 0.1) is 17.2 Å². The number of benzene rings is 1. The number of carbonyl (C=O) groups is 1. The Morgan fingerprint density at radius 1 is 1.50 bits per heavy atom. The number of halogens is 1. The molecule has 2 aromatic rings. The standard InChI is InChI=1S/C16H19ClN2O2S/c1-4-15-18-13(10-22-15)9-19(3)16(20)11(2)21-14-7-5-6-12(17)8-14/h5-8,10-11H,4,9H2,1-3H3/t11-/m0/s1. The van der Waals surface area contributed by atoms with E-state index in [-0.39, 0.29) is 5.91 Å². The SMILES string of the molecule is CCc1nc(CN(C)C(=O)[C@H](C)Oc2cccc(Cl)c2)cs1. The Labute approximate surface area is 139 Å². The lowest BCUT2D eigenvalue weighted by atomic mass is 10.3. The van der Waals surface area contributed by atoms with Gasteiger partial charge in [-0.05, 0) is 31.5 Å². The lowest BCUT2D eigenvalue weighted by Crippen LogP contribution is -2.37. The average Bonchev–Trinajstić information content (AvgIpc) is 2.94. The highest BCUT2D eigenvalue weighted by molar-refractivity contribution is 7.09. The molecule has 0 aliphatic rings. The molecule has 118 valence electrons. The molecule has 1 aromatic heterocycles. The van der Waals surface area contributed by atoms with E-state index in [1.54, 1.807) is 54.5 Å². The van der Waals surface area contributed by atoms with Crippen LogP contribution in [0.2, 0.25) is 5.02 Å². The first-order valence-electron chi connectivity index (χ1n) is 7.10. The number of nitrogens with zero attached hydrogens (tertiary/aromatic N) is 2. The minimum absolute atomic E-state index is 0.0916. The summed E-state index contributed by atoms with van der Waals surface area (Å²) in [4.78, 5) is 18.5. The van der Waals surface area contributed by atoms with Gasteiger partial charge in [-0.1, -0.05) is 24.6 Å². The van der Waals surface area contributed by atoms with E-state index < -0.39 is 6.10 Å². The van der Waals surface area contributed by atoms with Gasteiger partial charge in [0.2, 0.25) is 0 Å². The molecule has 1 atom stereocenters. The molecule has 0 N–H and O–H groups in total. The quantitative estimate of drug-likeness (QED) is 0.804. The van der Waals surface area contributed by atoms with E-state index in [4.69, 9.17) is 16.3 Å². The third-order valence-corrected chi connectivity index (χ3v) is 4.41. The Bertz CT molecular complexity index is 645. The summed E-state index contributed by atoms with van der Waals surface area (Å²) < 4.78 is 5.65. The first-order chi connectivity index (χ1) is 10.5. The number of ether oxygens (including phenoxy) is 1. The Balaban J connectivity index is 1.94. The van der Waals surface area contributed by atoms with Crippen molar-refractivity contribution in [1.29, 1.82) is 0 Å². The first kappa shape index (κ1) is 16.8. The number of aromatic nitrogens is 1. The number of hydrogen-bond acceptors (Lipinski definition) is 4. The molecule has 0 spiro atoms. The zero-order valence-electron chi connectivity index (χ0n) is 12.9. The Hall–Kier alpha value is -1.59. The summed E-state index contributed by atoms with van der Waals surface area (Å²) >= 11 is 7.53. The van der Waals surface area contributed by atoms with E-state index in [9.17, 15) is 4.79 Å². The van der Waals surface area contributed by atoms with Crippen molar-refractivity contribution in [3.63, 3.8) is 0 Å². The third kappa shape index (κ3) is 4.45. The van der Waals surface area contributed by atoms with Crippen LogP contribution in [0.25, 0.3) is 0 Å². The normalized spacial score (nSPS) is 12.0. The van der Waals surface area contributed by atoms with Crippen LogP contribution in [0.5, 0.6) is 5.75 Å². The van der Waals surface area contributed by atoms with Crippen molar-refractivity contribution >= 4 is 28.8 Å². The molecule has 0 radical (unpaired) electrons. The summed E-state index contributed by atoms with van der Waals surface area (Å²) in [5.41, 5.74) is 0.910. The molecule has 0 saturated carbocycles. The van der Waals surface area contributed by atoms with Crippen LogP contribution in [0, 0.1) is 0 Å². The van der Waals surface area contributed by atoms with Gasteiger partial charge in [0, 0.05) is 17.5 Å². The van der Waals surface area contributed by atoms with Gasteiger partial charge in [0.15, 0.2) is 6.10 Å². The van der Waals surface area contributed by atoms with E-state index in [1.165, 1.54) is 0 Å². The van der Waals surface area contributed by atoms with Gasteiger partial charge in [-0.2, -0.15) is 0 Å². The van der Waals surface area contributed by atoms with Gasteiger partial charge in [-0.15, -0.1) is 11.3 Å². The molecule has 1 heterocycles. The Kier molecular flexibility index (Phi) is 5.80. The molecule has 0 saturated heterocycles. The van der Waals surface area contributed by atoms with Crippen LogP contribution in [0.1, 0.15) is 24.5 Å². The van der Waals surface area contributed by atoms with Crippen molar-refractivity contribution in [3.05, 3.63) is 45.4 Å². The molecule has 0 aliphatic heterocycles. The van der Waals surface area contributed by atoms with Crippen LogP contribution in [-0.2, 0) is 17.8 Å². The number of thiazole rings is 1. The fraction of sp³-hybridized carbons (Fsp3) is 0.375. The monoisotopic (exact) mass is 338 g/mol. The van der Waals surface area contributed by atoms with Crippen LogP contribution in [-0.4, -0.2) is 28.9 Å². The first-order valence-corrected chi connectivity index (χ1v) is 8.35. The zero-order chi connectivity index (χ0) is 16.1. The largest absolute Gasteiger partial charge is 0.481 e. The van der Waals surface area contributed by atoms with Crippen LogP contribution >= 0.6 is 22.9 Å². The predicted octanol–water partition coefficient (Wildman–Crippen LogP) is 3.78. The van der Waals surface area contributed by atoms with Gasteiger partial charge in [0.1, 0.15) is 5.75 Å². The summed E-state index contributed by atoms with van der Waals surface area (Å²) in [6.07, 6.45) is 0.337. The maximum absolute atomic E-state index is 12.4. The molecule has 4 nitrogen and oxygen atoms in total. The smallest absolute Gasteiger partial charge is 0.263 e. The summed E-state index contributed by atoms with van der Waals surface area (Å²) in [6, 6.07) is 7.03. The van der Waals surface area contributed by atoms with Crippen molar-refractivity contribution < 1.29 is 9.53 Å². The summed E-state index contributed by atoms with van der Waals surface area (Å²) in [6.45, 7) is 4.29. The molecule has 0 unspecified atom stereocenters. The third-order valence-electron chi connectivity index (χ3n) is 3.13. The van der Waals surface area contributed by atoms with Gasteiger partial charge >= 0.3 is 0 Å². The van der Waals surface area contributed by atoms with E-state index in [2.05, 4.69) is 11.9 Å². The van der Waals surface area contributed by atoms with E-state index in [1.807, 2.05) is 5.38 Å². The lowest BCUT2D eigenvalue weighted by Gasteiger charge is -2.21. The fourth-order valence-electron chi connectivity index (χ4n) is 2.01. The number of carbonyl (C=O) groups excluding carboxylic acids is 1. The molecule has 0 fully saturated rings. The minimum Gasteiger partial charge on any atom is -0.481 e. The van der Waals surface area contributed by atoms with Gasteiger partial charge in [-0.3, -0.25) is 4.79 Å². The van der Waals surface area contributed by atoms with Crippen molar-refractivity contribution in [2.75, 3.05) is 7.05 Å². The molecule has 0 aliphatic carbocycles. The Morgan fingerprint density at radius 2 is 2.27 bits per heavy atom. The number of hydrogen-bond donors (Lipinski definition) is 0. The van der Waals surface area contributed by atoms with Gasteiger partial charge < -0.3 is 9.64 Å². The van der Waals surface area contributed by atoms with Crippen LogP contribution in [0.3, 0.4) is 0 Å². The highest BCUT2D eigenvalue weighted by Gasteiger charge is 2.20. The van der Waals surface area contributed by atoms with Crippen molar-refractivity contribution in [3.8, 4) is 5.75 Å². The molecule has 22 heavy (non-hydrogen) atoms. The summed E-state index contributed by atoms with van der Waals surface area (Å²) in [5.74, 6) is 0.495. The number of rotatable bonds is 6. The summed E-state index contributed by atoms with van der Waals surface area (Å²) in [7, 11) is 1.76. The number of likely N-dealkylation sites (N-methyl/N-ethyl adjacent to an activating group) is 1. The van der Waals surface area contributed by atoms with Crippen molar-refractivity contribution in [2.24, 2.45) is 0 Å². The molecule has 1 amide bonds. The second kappa shape index (κ2) is 7.61. The average molecular weight is 339 g/mol. The fourth-order valence-corrected chi connectivity index (χ4v) is 2.93. The molecule has 2 rings (SSSR count). The van der Waals surface area contributed by atoms with Crippen LogP contribution in [0.15, 0.2) is 29.6 Å². The van der Waals surface area contributed by atoms with E-state index >= 15 is 0 Å². The van der Waals surface area contributed by atoms with Gasteiger partial charge in [-0.25, -0.2) is 4.98 Å². The van der Waals surface area contributed by atoms with Gasteiger partial charge in [0.25, 0.3) is 5.91 Å². The number of amides is 1. The molecule has 6 heteroatoms. The second-order valence-electron chi connectivity index (χ2n) is 5.00. The van der Waals surface area contributed by atoms with E-state index in [0.29, 0.717) is 17.3 Å². The van der Waals surface area contributed by atoms with Crippen LogP contribution < -0.4 is 4.74 Å². The van der Waals surface area contributed by atoms with E-state index in [0.717, 1.165) is 17.1 Å². The molecular weight excluding hydrogens is 320 g/mol. The van der Waals surface area contributed by atoms with Crippen molar-refractivity contribution in [1.82, 2.24) is 9.88 Å². The minimum atomic E-state index is -0.576.